The molecule has 8 nitrogen and oxygen atoms in total. The van der Waals surface area contributed by atoms with E-state index in [0.717, 1.165) is 25.8 Å². The monoisotopic (exact) mass is 451 g/mol. The number of ether oxygens (including phenoxy) is 1. The van der Waals surface area contributed by atoms with Gasteiger partial charge in [0.1, 0.15) is 11.3 Å². The van der Waals surface area contributed by atoms with E-state index in [1.54, 1.807) is 11.3 Å². The molecule has 10 heteroatoms. The van der Waals surface area contributed by atoms with Gasteiger partial charge in [0.25, 0.3) is 5.56 Å². The Hall–Kier alpha value is -3.37. The Bertz CT molecular complexity index is 1390. The van der Waals surface area contributed by atoms with Crippen LogP contribution in [0.15, 0.2) is 62.1 Å². The first-order valence-electron chi connectivity index (χ1n) is 9.55. The van der Waals surface area contributed by atoms with Crippen molar-refractivity contribution in [2.24, 2.45) is 0 Å². The second kappa shape index (κ2) is 8.40. The molecule has 3 aromatic heterocycles. The van der Waals surface area contributed by atoms with Crippen LogP contribution in [-0.2, 0) is 5.75 Å². The standard InChI is InChI=1S/C21H17N5O3S2/c1-2-28-13-7-8-15-17(10-13)31-21(24-15)30-11-12-9-18(27)25-19(22-12)26-20-23-14-5-3-4-6-16(14)29-20/h3-10H,2,11H2,1H3,(H2,22,23,25,26,27). The number of thiazole rings is 1. The Morgan fingerprint density at radius 1 is 1.13 bits per heavy atom. The summed E-state index contributed by atoms with van der Waals surface area (Å²) >= 11 is 3.12. The lowest BCUT2D eigenvalue weighted by Crippen LogP contribution is -2.11. The lowest BCUT2D eigenvalue weighted by molar-refractivity contribution is 0.341. The summed E-state index contributed by atoms with van der Waals surface area (Å²) in [6.45, 7) is 2.58. The lowest BCUT2D eigenvalue weighted by atomic mass is 10.3. The average molecular weight is 452 g/mol. The molecule has 0 unspecified atom stereocenters. The molecule has 0 saturated heterocycles. The first-order chi connectivity index (χ1) is 15.2. The van der Waals surface area contributed by atoms with E-state index in [2.05, 4.69) is 25.3 Å². The molecule has 0 atom stereocenters. The van der Waals surface area contributed by atoms with Gasteiger partial charge in [-0.3, -0.25) is 15.1 Å². The first kappa shape index (κ1) is 19.6. The molecule has 3 heterocycles. The third-order valence-electron chi connectivity index (χ3n) is 4.31. The number of nitrogens with one attached hydrogen (secondary N) is 2. The Labute approximate surface area is 184 Å². The minimum absolute atomic E-state index is 0.255. The molecule has 0 aliphatic carbocycles. The zero-order chi connectivity index (χ0) is 21.2. The maximum absolute atomic E-state index is 12.1. The summed E-state index contributed by atoms with van der Waals surface area (Å²) in [5.74, 6) is 1.62. The second-order valence-electron chi connectivity index (χ2n) is 6.53. The molecule has 156 valence electrons. The topological polar surface area (TPSA) is 106 Å². The molecule has 2 aromatic carbocycles. The summed E-state index contributed by atoms with van der Waals surface area (Å²) in [6, 6.07) is 15.0. The molecule has 0 radical (unpaired) electrons. The number of aromatic amines is 1. The summed E-state index contributed by atoms with van der Waals surface area (Å²) in [4.78, 5) is 28.2. The number of oxazole rings is 1. The van der Waals surface area contributed by atoms with Gasteiger partial charge < -0.3 is 9.15 Å². The number of hydrogen-bond donors (Lipinski definition) is 2. The van der Waals surface area contributed by atoms with E-state index < -0.39 is 0 Å². The van der Waals surface area contributed by atoms with E-state index in [9.17, 15) is 4.79 Å². The Morgan fingerprint density at radius 3 is 2.90 bits per heavy atom. The highest BCUT2D eigenvalue weighted by Gasteiger charge is 2.10. The summed E-state index contributed by atoms with van der Waals surface area (Å²) in [5.41, 5.74) is 2.68. The van der Waals surface area contributed by atoms with Gasteiger partial charge in [-0.05, 0) is 37.3 Å². The van der Waals surface area contributed by atoms with Crippen LogP contribution < -0.4 is 15.6 Å². The molecular formula is C21H17N5O3S2. The fraction of sp³-hybridized carbons (Fsp3) is 0.143. The van der Waals surface area contributed by atoms with Gasteiger partial charge in [-0.2, -0.15) is 4.98 Å². The number of thioether (sulfide) groups is 1. The van der Waals surface area contributed by atoms with E-state index in [0.29, 0.717) is 23.6 Å². The van der Waals surface area contributed by atoms with Gasteiger partial charge in [0, 0.05) is 11.8 Å². The summed E-state index contributed by atoms with van der Waals surface area (Å²) in [6.07, 6.45) is 0. The maximum atomic E-state index is 12.1. The van der Waals surface area contributed by atoms with Crippen LogP contribution in [0, 0.1) is 0 Å². The normalized spacial score (nSPS) is 11.3. The molecule has 0 amide bonds. The number of hydrogen-bond acceptors (Lipinski definition) is 9. The van der Waals surface area contributed by atoms with Crippen molar-refractivity contribution in [2.45, 2.75) is 17.0 Å². The van der Waals surface area contributed by atoms with E-state index >= 15 is 0 Å². The minimum Gasteiger partial charge on any atom is -0.494 e. The van der Waals surface area contributed by atoms with Crippen molar-refractivity contribution in [1.29, 1.82) is 0 Å². The van der Waals surface area contributed by atoms with E-state index in [1.165, 1.54) is 17.8 Å². The van der Waals surface area contributed by atoms with Crippen LogP contribution in [0.1, 0.15) is 12.6 Å². The minimum atomic E-state index is -0.255. The van der Waals surface area contributed by atoms with E-state index in [-0.39, 0.29) is 17.5 Å². The SMILES string of the molecule is CCOc1ccc2nc(SCc3cc(=O)[nH]c(Nc4nc5ccccc5o4)n3)sc2c1. The third kappa shape index (κ3) is 4.39. The molecular weight excluding hydrogens is 434 g/mol. The summed E-state index contributed by atoms with van der Waals surface area (Å²) in [7, 11) is 0. The van der Waals surface area contributed by atoms with Gasteiger partial charge in [0.2, 0.25) is 5.95 Å². The van der Waals surface area contributed by atoms with Crippen molar-refractivity contribution in [2.75, 3.05) is 11.9 Å². The molecule has 0 bridgehead atoms. The van der Waals surface area contributed by atoms with Crippen LogP contribution in [-0.4, -0.2) is 26.5 Å². The molecule has 0 saturated carbocycles. The van der Waals surface area contributed by atoms with E-state index in [1.807, 2.05) is 49.4 Å². The zero-order valence-electron chi connectivity index (χ0n) is 16.4. The third-order valence-corrected chi connectivity index (χ3v) is 6.50. The number of nitrogens with zero attached hydrogens (tertiary/aromatic N) is 3. The van der Waals surface area contributed by atoms with Gasteiger partial charge >= 0.3 is 6.01 Å². The number of rotatable bonds is 7. The highest BCUT2D eigenvalue weighted by molar-refractivity contribution is 8.00. The van der Waals surface area contributed by atoms with Crippen LogP contribution in [0.2, 0.25) is 0 Å². The van der Waals surface area contributed by atoms with Gasteiger partial charge in [-0.15, -0.1) is 11.3 Å². The molecule has 0 aliphatic heterocycles. The zero-order valence-corrected chi connectivity index (χ0v) is 18.0. The number of para-hydroxylation sites is 2. The highest BCUT2D eigenvalue weighted by atomic mass is 32.2. The van der Waals surface area contributed by atoms with Crippen molar-refractivity contribution in [3.8, 4) is 5.75 Å². The average Bonchev–Trinajstić information content (AvgIpc) is 3.34. The fourth-order valence-corrected chi connectivity index (χ4v) is 5.00. The molecule has 2 N–H and O–H groups in total. The molecule has 5 rings (SSSR count). The smallest absolute Gasteiger partial charge is 0.302 e. The highest BCUT2D eigenvalue weighted by Crippen LogP contribution is 2.33. The Balaban J connectivity index is 1.32. The van der Waals surface area contributed by atoms with Crippen LogP contribution in [0.25, 0.3) is 21.3 Å². The van der Waals surface area contributed by atoms with Gasteiger partial charge in [0.05, 0.1) is 22.5 Å². The van der Waals surface area contributed by atoms with Gasteiger partial charge in [-0.1, -0.05) is 23.9 Å². The maximum Gasteiger partial charge on any atom is 0.302 e. The van der Waals surface area contributed by atoms with Crippen LogP contribution in [0.3, 0.4) is 0 Å². The lowest BCUT2D eigenvalue weighted by Gasteiger charge is -2.03. The van der Waals surface area contributed by atoms with Gasteiger partial charge in [-0.25, -0.2) is 9.97 Å². The number of fused-ring (bicyclic) bond motifs is 2. The Morgan fingerprint density at radius 2 is 2.03 bits per heavy atom. The summed E-state index contributed by atoms with van der Waals surface area (Å²) in [5, 5.41) is 2.93. The second-order valence-corrected chi connectivity index (χ2v) is 8.78. The van der Waals surface area contributed by atoms with Crippen LogP contribution in [0.5, 0.6) is 5.75 Å². The number of anilines is 2. The quantitative estimate of drug-likeness (QED) is 0.335. The fourth-order valence-electron chi connectivity index (χ4n) is 3.01. The first-order valence-corrected chi connectivity index (χ1v) is 11.4. The predicted molar refractivity (Wildman–Crippen MR) is 122 cm³/mol. The Kier molecular flexibility index (Phi) is 5.31. The molecule has 31 heavy (non-hydrogen) atoms. The van der Waals surface area contributed by atoms with E-state index in [4.69, 9.17) is 9.15 Å². The van der Waals surface area contributed by atoms with Gasteiger partial charge in [0.15, 0.2) is 9.92 Å². The molecule has 0 aliphatic rings. The number of aromatic nitrogens is 4. The van der Waals surface area contributed by atoms with Crippen molar-refractivity contribution < 1.29 is 9.15 Å². The van der Waals surface area contributed by atoms with Crippen LogP contribution in [0.4, 0.5) is 12.0 Å². The molecule has 0 spiro atoms. The number of H-pyrrole nitrogens is 1. The number of benzene rings is 2. The van der Waals surface area contributed by atoms with Crippen LogP contribution >= 0.6 is 23.1 Å². The largest absolute Gasteiger partial charge is 0.494 e. The van der Waals surface area contributed by atoms with Crippen molar-refractivity contribution in [1.82, 2.24) is 19.9 Å². The molecule has 0 fully saturated rings. The van der Waals surface area contributed by atoms with Crippen molar-refractivity contribution in [3.05, 3.63) is 64.6 Å². The summed E-state index contributed by atoms with van der Waals surface area (Å²) < 4.78 is 13.1. The molecule has 5 aromatic rings. The van der Waals surface area contributed by atoms with Crippen molar-refractivity contribution in [3.63, 3.8) is 0 Å². The predicted octanol–water partition coefficient (Wildman–Crippen LogP) is 4.96. The van der Waals surface area contributed by atoms with Crippen molar-refractivity contribution >= 4 is 56.4 Å².